The monoisotopic (exact) mass is 308 g/mol. The van der Waals surface area contributed by atoms with Crippen molar-refractivity contribution < 1.29 is 23.1 Å². The van der Waals surface area contributed by atoms with E-state index in [0.29, 0.717) is 0 Å². The number of anilines is 1. The lowest BCUT2D eigenvalue weighted by atomic mass is 10.0. The molecule has 2 rings (SSSR count). The van der Waals surface area contributed by atoms with Crippen LogP contribution in [0.2, 0.25) is 0 Å². The van der Waals surface area contributed by atoms with Crippen LogP contribution in [0.1, 0.15) is 6.92 Å². The standard InChI is InChI=1S/C10H18N4.C2HF3O2/c1-9-6-14(7-9)4-3-11-10-5-12-13(2)8-10;3-2(4,5)1(6)7/h5,8-9,11H,3-4,6-7H2,1-2H3;(H,6,7). The fourth-order valence-corrected chi connectivity index (χ4v) is 1.88. The molecule has 6 nitrogen and oxygen atoms in total. The zero-order chi connectivity index (χ0) is 16.0. The Hall–Kier alpha value is -1.77. The van der Waals surface area contributed by atoms with Gasteiger partial charge in [-0.1, -0.05) is 6.92 Å². The molecule has 2 N–H and O–H groups in total. The number of rotatable bonds is 4. The molecular formula is C12H19F3N4O2. The Morgan fingerprint density at radius 1 is 1.52 bits per heavy atom. The summed E-state index contributed by atoms with van der Waals surface area (Å²) >= 11 is 0. The van der Waals surface area contributed by atoms with Crippen molar-refractivity contribution >= 4 is 11.7 Å². The Kier molecular flexibility index (Phi) is 6.01. The first-order valence-corrected chi connectivity index (χ1v) is 6.43. The summed E-state index contributed by atoms with van der Waals surface area (Å²) in [5.74, 6) is -1.86. The third-order valence-corrected chi connectivity index (χ3v) is 2.84. The second-order valence-electron chi connectivity index (χ2n) is 5.00. The SMILES string of the molecule is CC1CN(CCNc2cnn(C)c2)C1.O=C(O)C(F)(F)F. The van der Waals surface area contributed by atoms with E-state index in [1.165, 1.54) is 13.1 Å². The molecule has 0 aromatic carbocycles. The molecule has 0 unspecified atom stereocenters. The fraction of sp³-hybridized carbons (Fsp3) is 0.667. The van der Waals surface area contributed by atoms with Crippen LogP contribution in [0.3, 0.4) is 0 Å². The number of alkyl halides is 3. The smallest absolute Gasteiger partial charge is 0.475 e. The fourth-order valence-electron chi connectivity index (χ4n) is 1.88. The van der Waals surface area contributed by atoms with Gasteiger partial charge in [-0.05, 0) is 5.92 Å². The van der Waals surface area contributed by atoms with Crippen molar-refractivity contribution in [3.63, 3.8) is 0 Å². The first kappa shape index (κ1) is 17.3. The largest absolute Gasteiger partial charge is 0.490 e. The van der Waals surface area contributed by atoms with Gasteiger partial charge in [-0.3, -0.25) is 4.68 Å². The second kappa shape index (κ2) is 7.30. The van der Waals surface area contributed by atoms with Gasteiger partial charge in [-0.2, -0.15) is 18.3 Å². The number of hydrogen-bond acceptors (Lipinski definition) is 4. The number of nitrogens with one attached hydrogen (secondary N) is 1. The highest BCUT2D eigenvalue weighted by Crippen LogP contribution is 2.13. The lowest BCUT2D eigenvalue weighted by Crippen LogP contribution is -2.46. The molecule has 0 saturated carbocycles. The molecule has 1 aliphatic rings. The van der Waals surface area contributed by atoms with Crippen LogP contribution in [-0.2, 0) is 11.8 Å². The second-order valence-corrected chi connectivity index (χ2v) is 5.00. The molecule has 2 heterocycles. The number of hydrogen-bond donors (Lipinski definition) is 2. The topological polar surface area (TPSA) is 70.4 Å². The zero-order valence-electron chi connectivity index (χ0n) is 11.9. The van der Waals surface area contributed by atoms with Gasteiger partial charge < -0.3 is 15.3 Å². The van der Waals surface area contributed by atoms with E-state index in [9.17, 15) is 13.2 Å². The number of aliphatic carboxylic acids is 1. The van der Waals surface area contributed by atoms with Crippen molar-refractivity contribution in [2.45, 2.75) is 13.1 Å². The van der Waals surface area contributed by atoms with Gasteiger partial charge in [0.25, 0.3) is 0 Å². The predicted octanol–water partition coefficient (Wildman–Crippen LogP) is 1.42. The number of carboxylic acids is 1. The van der Waals surface area contributed by atoms with E-state index in [1.54, 1.807) is 0 Å². The molecule has 1 aliphatic heterocycles. The van der Waals surface area contributed by atoms with Crippen LogP contribution in [0, 0.1) is 5.92 Å². The van der Waals surface area contributed by atoms with Gasteiger partial charge in [0.2, 0.25) is 0 Å². The van der Waals surface area contributed by atoms with Gasteiger partial charge in [0.1, 0.15) is 0 Å². The Morgan fingerprint density at radius 3 is 2.48 bits per heavy atom. The number of aryl methyl sites for hydroxylation is 1. The third kappa shape index (κ3) is 6.48. The van der Waals surface area contributed by atoms with E-state index in [-0.39, 0.29) is 0 Å². The molecule has 0 spiro atoms. The quantitative estimate of drug-likeness (QED) is 0.880. The summed E-state index contributed by atoms with van der Waals surface area (Å²) in [4.78, 5) is 11.4. The normalized spacial score (nSPS) is 15.9. The third-order valence-electron chi connectivity index (χ3n) is 2.84. The highest BCUT2D eigenvalue weighted by Gasteiger charge is 2.38. The number of carboxylic acid groups (broad SMARTS) is 1. The van der Waals surface area contributed by atoms with Gasteiger partial charge in [-0.15, -0.1) is 0 Å². The molecule has 9 heteroatoms. The van der Waals surface area contributed by atoms with Crippen LogP contribution in [0.4, 0.5) is 18.9 Å². The molecule has 1 aromatic rings. The van der Waals surface area contributed by atoms with Crippen molar-refractivity contribution in [1.29, 1.82) is 0 Å². The number of likely N-dealkylation sites (tertiary alicyclic amines) is 1. The molecular weight excluding hydrogens is 289 g/mol. The van der Waals surface area contributed by atoms with E-state index < -0.39 is 12.1 Å². The van der Waals surface area contributed by atoms with Crippen molar-refractivity contribution in [2.24, 2.45) is 13.0 Å². The summed E-state index contributed by atoms with van der Waals surface area (Å²) in [5.41, 5.74) is 1.11. The van der Waals surface area contributed by atoms with Crippen LogP contribution < -0.4 is 5.32 Å². The Labute approximate surface area is 120 Å². The molecule has 120 valence electrons. The highest BCUT2D eigenvalue weighted by molar-refractivity contribution is 5.73. The number of halogens is 3. The Morgan fingerprint density at radius 2 is 2.10 bits per heavy atom. The molecule has 0 radical (unpaired) electrons. The maximum Gasteiger partial charge on any atom is 0.490 e. The number of nitrogens with zero attached hydrogens (tertiary/aromatic N) is 3. The molecule has 0 amide bonds. The molecule has 1 aromatic heterocycles. The van der Waals surface area contributed by atoms with Crippen molar-refractivity contribution in [3.05, 3.63) is 12.4 Å². The summed E-state index contributed by atoms with van der Waals surface area (Å²) < 4.78 is 33.5. The maximum absolute atomic E-state index is 10.6. The van der Waals surface area contributed by atoms with Gasteiger partial charge in [0.15, 0.2) is 0 Å². The van der Waals surface area contributed by atoms with E-state index in [2.05, 4.69) is 22.2 Å². The van der Waals surface area contributed by atoms with Crippen molar-refractivity contribution in [2.75, 3.05) is 31.5 Å². The number of carbonyl (C=O) groups is 1. The van der Waals surface area contributed by atoms with Crippen LogP contribution in [0.15, 0.2) is 12.4 Å². The van der Waals surface area contributed by atoms with Gasteiger partial charge in [0, 0.05) is 39.4 Å². The van der Waals surface area contributed by atoms with E-state index in [0.717, 1.165) is 24.7 Å². The van der Waals surface area contributed by atoms with E-state index in [4.69, 9.17) is 9.90 Å². The Bertz CT molecular complexity index is 456. The maximum atomic E-state index is 10.6. The van der Waals surface area contributed by atoms with Crippen LogP contribution in [0.5, 0.6) is 0 Å². The molecule has 1 fully saturated rings. The summed E-state index contributed by atoms with van der Waals surface area (Å²) in [7, 11) is 1.93. The van der Waals surface area contributed by atoms with Gasteiger partial charge >= 0.3 is 12.1 Å². The lowest BCUT2D eigenvalue weighted by molar-refractivity contribution is -0.192. The highest BCUT2D eigenvalue weighted by atomic mass is 19.4. The Balaban J connectivity index is 0.000000270. The summed E-state index contributed by atoms with van der Waals surface area (Å²) in [6.45, 7) is 6.96. The summed E-state index contributed by atoms with van der Waals surface area (Å²) in [6.07, 6.45) is -1.22. The van der Waals surface area contributed by atoms with Crippen LogP contribution >= 0.6 is 0 Å². The van der Waals surface area contributed by atoms with Gasteiger partial charge in [0.05, 0.1) is 11.9 Å². The minimum Gasteiger partial charge on any atom is -0.475 e. The zero-order valence-corrected chi connectivity index (χ0v) is 11.9. The minimum atomic E-state index is -5.08. The summed E-state index contributed by atoms with van der Waals surface area (Å²) in [6, 6.07) is 0. The minimum absolute atomic E-state index is 0.897. The molecule has 21 heavy (non-hydrogen) atoms. The van der Waals surface area contributed by atoms with Crippen LogP contribution in [-0.4, -0.2) is 58.1 Å². The molecule has 0 aliphatic carbocycles. The van der Waals surface area contributed by atoms with Crippen LogP contribution in [0.25, 0.3) is 0 Å². The van der Waals surface area contributed by atoms with Crippen molar-refractivity contribution in [1.82, 2.24) is 14.7 Å². The lowest BCUT2D eigenvalue weighted by Gasteiger charge is -2.37. The van der Waals surface area contributed by atoms with E-state index >= 15 is 0 Å². The summed E-state index contributed by atoms with van der Waals surface area (Å²) in [5, 5.41) is 14.6. The molecule has 0 atom stereocenters. The predicted molar refractivity (Wildman–Crippen MR) is 71.0 cm³/mol. The van der Waals surface area contributed by atoms with Gasteiger partial charge in [-0.25, -0.2) is 4.79 Å². The van der Waals surface area contributed by atoms with Crippen molar-refractivity contribution in [3.8, 4) is 0 Å². The number of aromatic nitrogens is 2. The molecule has 0 bridgehead atoms. The first-order chi connectivity index (χ1) is 9.68. The van der Waals surface area contributed by atoms with E-state index in [1.807, 2.05) is 24.1 Å². The average molecular weight is 308 g/mol. The first-order valence-electron chi connectivity index (χ1n) is 6.43. The molecule has 1 saturated heterocycles. The average Bonchev–Trinajstić information content (AvgIpc) is 2.72.